The first-order valence-corrected chi connectivity index (χ1v) is 5.89. The number of aryl methyl sites for hydroxylation is 1. The maximum Gasteiger partial charge on any atom is 0.271 e. The van der Waals surface area contributed by atoms with Crippen LogP contribution in [-0.4, -0.2) is 4.92 Å². The van der Waals surface area contributed by atoms with Crippen LogP contribution in [0.25, 0.3) is 0 Å². The van der Waals surface area contributed by atoms with E-state index in [0.29, 0.717) is 11.3 Å². The Bertz CT molecular complexity index is 639. The highest BCUT2D eigenvalue weighted by Crippen LogP contribution is 2.22. The molecule has 2 aromatic carbocycles. The van der Waals surface area contributed by atoms with E-state index in [1.807, 2.05) is 0 Å². The minimum Gasteiger partial charge on any atom is -0.381 e. The molecule has 0 saturated heterocycles. The Balaban J connectivity index is 2.18. The second-order valence-electron chi connectivity index (χ2n) is 4.39. The lowest BCUT2D eigenvalue weighted by atomic mass is 10.1. The Kier molecular flexibility index (Phi) is 3.93. The highest BCUT2D eigenvalue weighted by Gasteiger charge is 2.08. The van der Waals surface area contributed by atoms with Crippen LogP contribution in [0, 0.1) is 28.7 Å². The number of nitro groups is 1. The van der Waals surface area contributed by atoms with Gasteiger partial charge in [-0.05, 0) is 30.2 Å². The summed E-state index contributed by atoms with van der Waals surface area (Å²) in [5, 5.41) is 13.6. The molecule has 0 aromatic heterocycles. The minimum atomic E-state index is -0.655. The molecular formula is C14H12F2N2O2. The molecule has 0 amide bonds. The number of non-ortho nitro benzene ring substituents is 1. The monoisotopic (exact) mass is 278 g/mol. The summed E-state index contributed by atoms with van der Waals surface area (Å²) >= 11 is 0. The normalized spacial score (nSPS) is 10.3. The van der Waals surface area contributed by atoms with Crippen molar-refractivity contribution < 1.29 is 13.7 Å². The fraction of sp³-hybridized carbons (Fsp3) is 0.143. The lowest BCUT2D eigenvalue weighted by molar-refractivity contribution is -0.384. The Labute approximate surface area is 114 Å². The lowest BCUT2D eigenvalue weighted by Gasteiger charge is -2.09. The molecular weight excluding hydrogens is 266 g/mol. The second kappa shape index (κ2) is 5.64. The molecule has 6 heteroatoms. The summed E-state index contributed by atoms with van der Waals surface area (Å²) in [5.41, 5.74) is 1.76. The molecule has 0 aliphatic rings. The van der Waals surface area contributed by atoms with Crippen LogP contribution >= 0.6 is 0 Å². The second-order valence-corrected chi connectivity index (χ2v) is 4.39. The van der Waals surface area contributed by atoms with Crippen molar-refractivity contribution in [1.82, 2.24) is 0 Å². The molecule has 0 fully saturated rings. The number of nitrogens with zero attached hydrogens (tertiary/aromatic N) is 1. The van der Waals surface area contributed by atoms with E-state index in [9.17, 15) is 18.9 Å². The number of anilines is 1. The molecule has 0 bridgehead atoms. The van der Waals surface area contributed by atoms with Gasteiger partial charge in [0.1, 0.15) is 11.6 Å². The Morgan fingerprint density at radius 2 is 1.80 bits per heavy atom. The van der Waals surface area contributed by atoms with Crippen LogP contribution in [0.4, 0.5) is 20.2 Å². The van der Waals surface area contributed by atoms with Crippen LogP contribution in [0.2, 0.25) is 0 Å². The van der Waals surface area contributed by atoms with E-state index < -0.39 is 16.6 Å². The van der Waals surface area contributed by atoms with Crippen molar-refractivity contribution >= 4 is 11.4 Å². The molecule has 20 heavy (non-hydrogen) atoms. The first kappa shape index (κ1) is 13.9. The maximum absolute atomic E-state index is 13.0. The van der Waals surface area contributed by atoms with Gasteiger partial charge in [-0.3, -0.25) is 10.1 Å². The van der Waals surface area contributed by atoms with E-state index in [0.717, 1.165) is 11.6 Å². The topological polar surface area (TPSA) is 55.2 Å². The van der Waals surface area contributed by atoms with E-state index in [-0.39, 0.29) is 12.2 Å². The van der Waals surface area contributed by atoms with Crippen molar-refractivity contribution in [2.24, 2.45) is 0 Å². The third-order valence-corrected chi connectivity index (χ3v) is 2.84. The molecule has 0 aliphatic carbocycles. The zero-order chi connectivity index (χ0) is 14.7. The molecule has 104 valence electrons. The number of rotatable bonds is 4. The molecule has 0 aliphatic heterocycles. The fourth-order valence-corrected chi connectivity index (χ4v) is 1.82. The number of hydrogen-bond acceptors (Lipinski definition) is 3. The van der Waals surface area contributed by atoms with Gasteiger partial charge in [0.05, 0.1) is 4.92 Å². The molecule has 1 N–H and O–H groups in total. The quantitative estimate of drug-likeness (QED) is 0.683. The highest BCUT2D eigenvalue weighted by molar-refractivity contribution is 5.57. The van der Waals surface area contributed by atoms with Crippen molar-refractivity contribution in [2.45, 2.75) is 13.5 Å². The average Bonchev–Trinajstić information content (AvgIpc) is 2.36. The van der Waals surface area contributed by atoms with Crippen molar-refractivity contribution in [2.75, 3.05) is 5.32 Å². The van der Waals surface area contributed by atoms with Crippen molar-refractivity contribution in [3.05, 3.63) is 69.3 Å². The number of hydrogen-bond donors (Lipinski definition) is 1. The van der Waals surface area contributed by atoms with Crippen LogP contribution in [0.1, 0.15) is 11.1 Å². The van der Waals surface area contributed by atoms with E-state index in [1.54, 1.807) is 13.0 Å². The average molecular weight is 278 g/mol. The molecule has 0 heterocycles. The first-order chi connectivity index (χ1) is 9.45. The number of halogens is 2. The summed E-state index contributed by atoms with van der Waals surface area (Å²) in [6.45, 7) is 1.97. The zero-order valence-corrected chi connectivity index (χ0v) is 10.7. The Morgan fingerprint density at radius 1 is 1.15 bits per heavy atom. The van der Waals surface area contributed by atoms with E-state index in [2.05, 4.69) is 5.32 Å². The van der Waals surface area contributed by atoms with E-state index in [1.165, 1.54) is 24.3 Å². The van der Waals surface area contributed by atoms with Crippen LogP contribution in [-0.2, 0) is 6.54 Å². The molecule has 4 nitrogen and oxygen atoms in total. The smallest absolute Gasteiger partial charge is 0.271 e. The van der Waals surface area contributed by atoms with Gasteiger partial charge in [0.25, 0.3) is 5.69 Å². The summed E-state index contributed by atoms with van der Waals surface area (Å²) in [5.74, 6) is -1.31. The van der Waals surface area contributed by atoms with Crippen molar-refractivity contribution in [3.63, 3.8) is 0 Å². The molecule has 2 rings (SSSR count). The van der Waals surface area contributed by atoms with Gasteiger partial charge < -0.3 is 5.32 Å². The third kappa shape index (κ3) is 3.28. The zero-order valence-electron chi connectivity index (χ0n) is 10.7. The van der Waals surface area contributed by atoms with Crippen LogP contribution in [0.5, 0.6) is 0 Å². The van der Waals surface area contributed by atoms with Gasteiger partial charge in [0.2, 0.25) is 0 Å². The lowest BCUT2D eigenvalue weighted by Crippen LogP contribution is -2.02. The van der Waals surface area contributed by atoms with Crippen LogP contribution < -0.4 is 5.32 Å². The number of nitrogens with one attached hydrogen (secondary N) is 1. The van der Waals surface area contributed by atoms with Gasteiger partial charge in [-0.25, -0.2) is 8.78 Å². The minimum absolute atomic E-state index is 0.0384. The molecule has 0 unspecified atom stereocenters. The standard InChI is InChI=1S/C14H12F2N2O2/c1-9-2-3-13(18(19)20)7-14(9)17-8-10-4-11(15)6-12(16)5-10/h2-7,17H,8H2,1H3. The summed E-state index contributed by atoms with van der Waals surface area (Å²) in [4.78, 5) is 10.2. The summed E-state index contributed by atoms with van der Waals surface area (Å²) in [7, 11) is 0. The predicted molar refractivity (Wildman–Crippen MR) is 71.5 cm³/mol. The van der Waals surface area contributed by atoms with E-state index in [4.69, 9.17) is 0 Å². The largest absolute Gasteiger partial charge is 0.381 e. The van der Waals surface area contributed by atoms with Gasteiger partial charge >= 0.3 is 0 Å². The van der Waals surface area contributed by atoms with E-state index >= 15 is 0 Å². The molecule has 0 saturated carbocycles. The Hall–Kier alpha value is -2.50. The summed E-state index contributed by atoms with van der Waals surface area (Å²) < 4.78 is 26.1. The summed E-state index contributed by atoms with van der Waals surface area (Å²) in [6.07, 6.45) is 0. The van der Waals surface area contributed by atoms with Crippen molar-refractivity contribution in [1.29, 1.82) is 0 Å². The molecule has 0 radical (unpaired) electrons. The third-order valence-electron chi connectivity index (χ3n) is 2.84. The van der Waals surface area contributed by atoms with Gasteiger partial charge in [-0.2, -0.15) is 0 Å². The first-order valence-electron chi connectivity index (χ1n) is 5.89. The molecule has 0 spiro atoms. The molecule has 2 aromatic rings. The highest BCUT2D eigenvalue weighted by atomic mass is 19.1. The Morgan fingerprint density at radius 3 is 2.40 bits per heavy atom. The van der Waals surface area contributed by atoms with Crippen LogP contribution in [0.3, 0.4) is 0 Å². The molecule has 0 atom stereocenters. The SMILES string of the molecule is Cc1ccc([N+](=O)[O-])cc1NCc1cc(F)cc(F)c1. The number of nitro benzene ring substituents is 1. The van der Waals surface area contributed by atoms with Gasteiger partial charge in [-0.15, -0.1) is 0 Å². The summed E-state index contributed by atoms with van der Waals surface area (Å²) in [6, 6.07) is 7.63. The van der Waals surface area contributed by atoms with Gasteiger partial charge in [0.15, 0.2) is 0 Å². The van der Waals surface area contributed by atoms with Gasteiger partial charge in [-0.1, -0.05) is 6.07 Å². The predicted octanol–water partition coefficient (Wildman–Crippen LogP) is 3.79. The van der Waals surface area contributed by atoms with Crippen molar-refractivity contribution in [3.8, 4) is 0 Å². The van der Waals surface area contributed by atoms with Crippen LogP contribution in [0.15, 0.2) is 36.4 Å². The van der Waals surface area contributed by atoms with Gasteiger partial charge in [0, 0.05) is 30.4 Å². The fourth-order valence-electron chi connectivity index (χ4n) is 1.82. The number of benzene rings is 2. The maximum atomic E-state index is 13.0.